The minimum Gasteiger partial charge on any atom is -0.425 e. The Morgan fingerprint density at radius 2 is 2.15 bits per heavy atom. The lowest BCUT2D eigenvalue weighted by Gasteiger charge is -2.24. The largest absolute Gasteiger partial charge is 0.425 e. The first-order valence-corrected chi connectivity index (χ1v) is 9.06. The molecule has 26 heavy (non-hydrogen) atoms. The number of hydrogen-bond donors (Lipinski definition) is 0. The van der Waals surface area contributed by atoms with Gasteiger partial charge in [0, 0.05) is 39.4 Å². The number of anilines is 1. The summed E-state index contributed by atoms with van der Waals surface area (Å²) in [6.07, 6.45) is 6.20. The lowest BCUT2D eigenvalue weighted by molar-refractivity contribution is -0.132. The van der Waals surface area contributed by atoms with Gasteiger partial charge in [-0.05, 0) is 12.8 Å². The molecule has 0 unspecified atom stereocenters. The Hall–Kier alpha value is -2.51. The van der Waals surface area contributed by atoms with E-state index in [2.05, 4.69) is 20.2 Å². The number of hydrogen-bond acceptors (Lipinski definition) is 7. The fourth-order valence-corrected chi connectivity index (χ4v) is 3.08. The van der Waals surface area contributed by atoms with Gasteiger partial charge >= 0.3 is 0 Å². The van der Waals surface area contributed by atoms with Gasteiger partial charge < -0.3 is 14.2 Å². The molecule has 1 aliphatic heterocycles. The number of amides is 1. The van der Waals surface area contributed by atoms with Crippen LogP contribution in [0.1, 0.15) is 62.5 Å². The van der Waals surface area contributed by atoms with Gasteiger partial charge in [0.05, 0.1) is 24.1 Å². The predicted molar refractivity (Wildman–Crippen MR) is 96.8 cm³/mol. The zero-order valence-electron chi connectivity index (χ0n) is 15.8. The molecule has 0 aliphatic carbocycles. The van der Waals surface area contributed by atoms with Crippen molar-refractivity contribution in [2.24, 2.45) is 0 Å². The van der Waals surface area contributed by atoms with E-state index in [0.717, 1.165) is 30.9 Å². The molecule has 8 heteroatoms. The average molecular weight is 358 g/mol. The molecule has 0 saturated carbocycles. The van der Waals surface area contributed by atoms with Crippen LogP contribution >= 0.6 is 0 Å². The lowest BCUT2D eigenvalue weighted by Crippen LogP contribution is -2.31. The zero-order chi connectivity index (χ0) is 18.7. The Bertz CT molecular complexity index is 758. The predicted octanol–water partition coefficient (Wildman–Crippen LogP) is 2.35. The second-order valence-electron chi connectivity index (χ2n) is 7.13. The molecule has 1 saturated heterocycles. The van der Waals surface area contributed by atoms with Crippen molar-refractivity contribution in [2.75, 3.05) is 25.5 Å². The number of nitrogens with zero attached hydrogens (tertiary/aromatic N) is 6. The highest BCUT2D eigenvalue weighted by atomic mass is 16.4. The monoisotopic (exact) mass is 358 g/mol. The first-order valence-electron chi connectivity index (χ1n) is 9.06. The molecule has 140 valence electrons. The summed E-state index contributed by atoms with van der Waals surface area (Å²) >= 11 is 0. The SMILES string of the molecule is CC(C)c1nnc(CCC(=O)N2CCC[C@H]2c2cncc(N(C)C)n2)o1. The van der Waals surface area contributed by atoms with Crippen LogP contribution in [0.15, 0.2) is 16.8 Å². The second kappa shape index (κ2) is 7.80. The Balaban J connectivity index is 1.65. The van der Waals surface area contributed by atoms with Crippen molar-refractivity contribution >= 4 is 11.7 Å². The molecule has 2 aromatic rings. The third-order valence-corrected chi connectivity index (χ3v) is 4.54. The third kappa shape index (κ3) is 4.00. The first kappa shape index (κ1) is 18.3. The Labute approximate surface area is 153 Å². The second-order valence-corrected chi connectivity index (χ2v) is 7.13. The molecule has 2 aromatic heterocycles. The fourth-order valence-electron chi connectivity index (χ4n) is 3.08. The summed E-state index contributed by atoms with van der Waals surface area (Å²) in [6.45, 7) is 4.75. The number of carbonyl (C=O) groups is 1. The van der Waals surface area contributed by atoms with Gasteiger partial charge in [0.1, 0.15) is 5.82 Å². The van der Waals surface area contributed by atoms with Crippen molar-refractivity contribution in [1.29, 1.82) is 0 Å². The van der Waals surface area contributed by atoms with Crippen molar-refractivity contribution in [3.05, 3.63) is 29.9 Å². The highest BCUT2D eigenvalue weighted by Gasteiger charge is 2.31. The molecule has 0 aromatic carbocycles. The topological polar surface area (TPSA) is 88.3 Å². The Kier molecular flexibility index (Phi) is 5.49. The van der Waals surface area contributed by atoms with Crippen molar-refractivity contribution in [3.8, 4) is 0 Å². The molecule has 8 nitrogen and oxygen atoms in total. The maximum Gasteiger partial charge on any atom is 0.223 e. The molecule has 0 N–H and O–H groups in total. The number of aromatic nitrogens is 4. The van der Waals surface area contributed by atoms with Gasteiger partial charge in [-0.15, -0.1) is 10.2 Å². The van der Waals surface area contributed by atoms with Crippen LogP contribution in [-0.2, 0) is 11.2 Å². The van der Waals surface area contributed by atoms with Crippen LogP contribution in [0.5, 0.6) is 0 Å². The van der Waals surface area contributed by atoms with E-state index in [0.29, 0.717) is 24.6 Å². The van der Waals surface area contributed by atoms with Crippen LogP contribution in [0.3, 0.4) is 0 Å². The Morgan fingerprint density at radius 1 is 1.35 bits per heavy atom. The molecular weight excluding hydrogens is 332 g/mol. The van der Waals surface area contributed by atoms with Gasteiger partial charge in [0.25, 0.3) is 0 Å². The minimum atomic E-state index is -0.0104. The summed E-state index contributed by atoms with van der Waals surface area (Å²) in [5.74, 6) is 2.22. The minimum absolute atomic E-state index is 0.0104. The number of rotatable bonds is 6. The highest BCUT2D eigenvalue weighted by molar-refractivity contribution is 5.77. The van der Waals surface area contributed by atoms with Gasteiger partial charge in [-0.1, -0.05) is 13.8 Å². The smallest absolute Gasteiger partial charge is 0.223 e. The van der Waals surface area contributed by atoms with Crippen LogP contribution in [0.25, 0.3) is 0 Å². The molecule has 0 bridgehead atoms. The number of likely N-dealkylation sites (tertiary alicyclic amines) is 1. The van der Waals surface area contributed by atoms with E-state index in [1.54, 1.807) is 12.4 Å². The summed E-state index contributed by atoms with van der Waals surface area (Å²) in [5, 5.41) is 8.04. The van der Waals surface area contributed by atoms with Crippen molar-refractivity contribution < 1.29 is 9.21 Å². The van der Waals surface area contributed by atoms with E-state index in [-0.39, 0.29) is 17.9 Å². The average Bonchev–Trinajstić information content (AvgIpc) is 3.29. The molecule has 0 spiro atoms. The van der Waals surface area contributed by atoms with E-state index in [4.69, 9.17) is 4.42 Å². The molecule has 1 fully saturated rings. The molecular formula is C18H26N6O2. The van der Waals surface area contributed by atoms with Crippen molar-refractivity contribution in [2.45, 2.75) is 51.5 Å². The quantitative estimate of drug-likeness (QED) is 0.783. The van der Waals surface area contributed by atoms with E-state index < -0.39 is 0 Å². The maximum atomic E-state index is 12.7. The molecule has 3 rings (SSSR count). The van der Waals surface area contributed by atoms with Crippen LogP contribution in [-0.4, -0.2) is 51.6 Å². The van der Waals surface area contributed by atoms with Crippen molar-refractivity contribution in [1.82, 2.24) is 25.1 Å². The Morgan fingerprint density at radius 3 is 2.85 bits per heavy atom. The van der Waals surface area contributed by atoms with Crippen LogP contribution in [0.2, 0.25) is 0 Å². The van der Waals surface area contributed by atoms with E-state index in [9.17, 15) is 4.79 Å². The normalized spacial score (nSPS) is 17.1. The van der Waals surface area contributed by atoms with Gasteiger partial charge in [-0.2, -0.15) is 0 Å². The van der Waals surface area contributed by atoms with Crippen LogP contribution in [0, 0.1) is 0 Å². The lowest BCUT2D eigenvalue weighted by atomic mass is 10.1. The highest BCUT2D eigenvalue weighted by Crippen LogP contribution is 2.31. The van der Waals surface area contributed by atoms with Crippen molar-refractivity contribution in [3.63, 3.8) is 0 Å². The number of aryl methyl sites for hydroxylation is 1. The standard InChI is InChI=1S/C18H26N6O2/c1-12(2)18-22-21-16(26-18)7-8-17(25)24-9-5-6-14(24)13-10-19-11-15(20-13)23(3)4/h10-12,14H,5-9H2,1-4H3/t14-/m0/s1. The zero-order valence-corrected chi connectivity index (χ0v) is 15.8. The van der Waals surface area contributed by atoms with Crippen LogP contribution in [0.4, 0.5) is 5.82 Å². The van der Waals surface area contributed by atoms with E-state index in [1.165, 1.54) is 0 Å². The number of carbonyl (C=O) groups excluding carboxylic acids is 1. The van der Waals surface area contributed by atoms with Crippen LogP contribution < -0.4 is 4.90 Å². The first-order chi connectivity index (χ1) is 12.5. The van der Waals surface area contributed by atoms with Gasteiger partial charge in [-0.3, -0.25) is 9.78 Å². The van der Waals surface area contributed by atoms with E-state index in [1.807, 2.05) is 37.7 Å². The van der Waals surface area contributed by atoms with E-state index >= 15 is 0 Å². The van der Waals surface area contributed by atoms with Gasteiger partial charge in [0.15, 0.2) is 0 Å². The fraction of sp³-hybridized carbons (Fsp3) is 0.611. The molecule has 0 radical (unpaired) electrons. The maximum absolute atomic E-state index is 12.7. The van der Waals surface area contributed by atoms with Gasteiger partial charge in [-0.25, -0.2) is 4.98 Å². The molecule has 3 heterocycles. The third-order valence-electron chi connectivity index (χ3n) is 4.54. The molecule has 1 atom stereocenters. The summed E-state index contributed by atoms with van der Waals surface area (Å²) in [6, 6.07) is -0.0104. The summed E-state index contributed by atoms with van der Waals surface area (Å²) in [4.78, 5) is 25.5. The summed E-state index contributed by atoms with van der Waals surface area (Å²) in [5.41, 5.74) is 0.849. The van der Waals surface area contributed by atoms with Gasteiger partial charge in [0.2, 0.25) is 17.7 Å². The summed E-state index contributed by atoms with van der Waals surface area (Å²) in [7, 11) is 3.86. The summed E-state index contributed by atoms with van der Waals surface area (Å²) < 4.78 is 5.59. The molecule has 1 amide bonds. The molecule has 1 aliphatic rings.